The normalized spacial score (nSPS) is 18.3. The van der Waals surface area contributed by atoms with Gasteiger partial charge in [-0.05, 0) is 28.8 Å². The summed E-state index contributed by atoms with van der Waals surface area (Å²) < 4.78 is 20.4. The number of nitrogens with zero attached hydrogens (tertiary/aromatic N) is 1. The fourth-order valence-electron chi connectivity index (χ4n) is 4.00. The Balaban J connectivity index is 1.48. The Hall–Kier alpha value is -2.24. The lowest BCUT2D eigenvalue weighted by Crippen LogP contribution is -2.47. The average Bonchev–Trinajstić information content (AvgIpc) is 2.76. The standard InChI is InChI=1S/C25H25ClFNO2/c26-21-11-6-12-22(27)25(21)20-10-5-4-9-19(20)15-23(29)24-17-28(13-14-30-24)16-18-7-2-1-3-8-18/h1-12,23-24,29H,13-17H2. The van der Waals surface area contributed by atoms with E-state index in [4.69, 9.17) is 16.3 Å². The number of hydrogen-bond acceptors (Lipinski definition) is 3. The fourth-order valence-corrected chi connectivity index (χ4v) is 4.27. The molecule has 1 N–H and O–H groups in total. The van der Waals surface area contributed by atoms with Gasteiger partial charge in [0.05, 0.1) is 23.8 Å². The highest BCUT2D eigenvalue weighted by Crippen LogP contribution is 2.33. The van der Waals surface area contributed by atoms with Crippen LogP contribution in [-0.2, 0) is 17.7 Å². The van der Waals surface area contributed by atoms with Gasteiger partial charge in [0.1, 0.15) is 5.82 Å². The maximum atomic E-state index is 14.5. The van der Waals surface area contributed by atoms with Crippen LogP contribution in [0.2, 0.25) is 5.02 Å². The smallest absolute Gasteiger partial charge is 0.132 e. The van der Waals surface area contributed by atoms with Crippen molar-refractivity contribution in [1.29, 1.82) is 0 Å². The van der Waals surface area contributed by atoms with Crippen molar-refractivity contribution in [2.24, 2.45) is 0 Å². The van der Waals surface area contributed by atoms with Gasteiger partial charge < -0.3 is 9.84 Å². The zero-order valence-electron chi connectivity index (χ0n) is 16.7. The van der Waals surface area contributed by atoms with Gasteiger partial charge in [0.25, 0.3) is 0 Å². The molecule has 156 valence electrons. The van der Waals surface area contributed by atoms with Gasteiger partial charge in [-0.3, -0.25) is 4.90 Å². The Morgan fingerprint density at radius 3 is 2.60 bits per heavy atom. The summed E-state index contributed by atoms with van der Waals surface area (Å²) >= 11 is 6.28. The number of morpholine rings is 1. The highest BCUT2D eigenvalue weighted by Gasteiger charge is 2.28. The summed E-state index contributed by atoms with van der Waals surface area (Å²) in [5, 5.41) is 11.3. The van der Waals surface area contributed by atoms with Crippen molar-refractivity contribution in [1.82, 2.24) is 4.90 Å². The van der Waals surface area contributed by atoms with E-state index >= 15 is 0 Å². The first-order valence-electron chi connectivity index (χ1n) is 10.2. The van der Waals surface area contributed by atoms with Crippen molar-refractivity contribution >= 4 is 11.6 Å². The lowest BCUT2D eigenvalue weighted by molar-refractivity contribution is -0.0897. The van der Waals surface area contributed by atoms with Crippen molar-refractivity contribution in [2.75, 3.05) is 19.7 Å². The Morgan fingerprint density at radius 2 is 1.80 bits per heavy atom. The van der Waals surface area contributed by atoms with Crippen LogP contribution in [0.4, 0.5) is 4.39 Å². The molecule has 3 aromatic rings. The summed E-state index contributed by atoms with van der Waals surface area (Å²) in [6.07, 6.45) is -0.633. The van der Waals surface area contributed by atoms with Gasteiger partial charge in [0.15, 0.2) is 0 Å². The van der Waals surface area contributed by atoms with Crippen molar-refractivity contribution in [3.63, 3.8) is 0 Å². The fraction of sp³-hybridized carbons (Fsp3) is 0.280. The van der Waals surface area contributed by atoms with Gasteiger partial charge in [-0.1, -0.05) is 72.3 Å². The van der Waals surface area contributed by atoms with Crippen LogP contribution >= 0.6 is 11.6 Å². The molecule has 0 aromatic heterocycles. The zero-order valence-corrected chi connectivity index (χ0v) is 17.4. The van der Waals surface area contributed by atoms with E-state index in [1.165, 1.54) is 11.6 Å². The molecule has 0 bridgehead atoms. The van der Waals surface area contributed by atoms with Crippen LogP contribution in [0, 0.1) is 5.82 Å². The molecule has 0 saturated carbocycles. The molecule has 0 amide bonds. The molecular weight excluding hydrogens is 401 g/mol. The minimum Gasteiger partial charge on any atom is -0.390 e. The van der Waals surface area contributed by atoms with Crippen LogP contribution in [-0.4, -0.2) is 41.9 Å². The Bertz CT molecular complexity index is 962. The molecule has 3 aromatic carbocycles. The third-order valence-electron chi connectivity index (χ3n) is 5.53. The third kappa shape index (κ3) is 4.90. The summed E-state index contributed by atoms with van der Waals surface area (Å²) in [6, 6.07) is 22.5. The summed E-state index contributed by atoms with van der Waals surface area (Å²) in [4.78, 5) is 2.30. The van der Waals surface area contributed by atoms with Crippen molar-refractivity contribution in [3.8, 4) is 11.1 Å². The number of halogens is 2. The van der Waals surface area contributed by atoms with E-state index < -0.39 is 6.10 Å². The summed E-state index contributed by atoms with van der Waals surface area (Å²) in [5.41, 5.74) is 3.17. The summed E-state index contributed by atoms with van der Waals surface area (Å²) in [7, 11) is 0. The number of aliphatic hydroxyl groups is 1. The second kappa shape index (κ2) is 9.71. The maximum absolute atomic E-state index is 14.5. The minimum atomic E-state index is -0.699. The van der Waals surface area contributed by atoms with Crippen LogP contribution in [0.5, 0.6) is 0 Å². The van der Waals surface area contributed by atoms with Crippen LogP contribution < -0.4 is 0 Å². The molecule has 30 heavy (non-hydrogen) atoms. The number of rotatable bonds is 6. The molecule has 1 fully saturated rings. The van der Waals surface area contributed by atoms with Gasteiger partial charge >= 0.3 is 0 Å². The van der Waals surface area contributed by atoms with E-state index in [0.717, 1.165) is 18.7 Å². The minimum absolute atomic E-state index is 0.299. The lowest BCUT2D eigenvalue weighted by Gasteiger charge is -2.35. The number of benzene rings is 3. The first-order valence-corrected chi connectivity index (χ1v) is 10.6. The Kier molecular flexibility index (Phi) is 6.80. The molecule has 0 spiro atoms. The van der Waals surface area contributed by atoms with Crippen LogP contribution in [0.15, 0.2) is 72.8 Å². The molecule has 1 heterocycles. The molecule has 0 radical (unpaired) electrons. The average molecular weight is 426 g/mol. The van der Waals surface area contributed by atoms with E-state index in [1.54, 1.807) is 12.1 Å². The number of ether oxygens (including phenoxy) is 1. The third-order valence-corrected chi connectivity index (χ3v) is 5.85. The summed E-state index contributed by atoms with van der Waals surface area (Å²) in [5.74, 6) is -0.368. The van der Waals surface area contributed by atoms with E-state index in [0.29, 0.717) is 35.7 Å². The zero-order chi connectivity index (χ0) is 20.9. The highest BCUT2D eigenvalue weighted by molar-refractivity contribution is 6.33. The predicted molar refractivity (Wildman–Crippen MR) is 118 cm³/mol. The Morgan fingerprint density at radius 1 is 1.03 bits per heavy atom. The van der Waals surface area contributed by atoms with E-state index in [1.807, 2.05) is 42.5 Å². The molecule has 2 unspecified atom stereocenters. The monoisotopic (exact) mass is 425 g/mol. The molecule has 0 aliphatic carbocycles. The molecule has 1 aliphatic rings. The SMILES string of the molecule is OC(Cc1ccccc1-c1c(F)cccc1Cl)C1CN(Cc2ccccc2)CCO1. The molecule has 1 aliphatic heterocycles. The van der Waals surface area contributed by atoms with E-state index in [2.05, 4.69) is 17.0 Å². The van der Waals surface area contributed by atoms with Crippen LogP contribution in [0.1, 0.15) is 11.1 Å². The predicted octanol–water partition coefficient (Wildman–Crippen LogP) is 4.95. The molecular formula is C25H25ClFNO2. The lowest BCUT2D eigenvalue weighted by atomic mass is 9.93. The van der Waals surface area contributed by atoms with Gasteiger partial charge in [0, 0.05) is 31.6 Å². The number of hydrogen-bond donors (Lipinski definition) is 1. The van der Waals surface area contributed by atoms with Gasteiger partial charge in [-0.2, -0.15) is 0 Å². The topological polar surface area (TPSA) is 32.7 Å². The van der Waals surface area contributed by atoms with Crippen molar-refractivity contribution < 1.29 is 14.2 Å². The molecule has 1 saturated heterocycles. The largest absolute Gasteiger partial charge is 0.390 e. The van der Waals surface area contributed by atoms with E-state index in [9.17, 15) is 9.50 Å². The Labute approximate surface area is 181 Å². The molecule has 5 heteroatoms. The van der Waals surface area contributed by atoms with Crippen LogP contribution in [0.3, 0.4) is 0 Å². The van der Waals surface area contributed by atoms with Gasteiger partial charge in [-0.25, -0.2) is 4.39 Å². The summed E-state index contributed by atoms with van der Waals surface area (Å²) in [6.45, 7) is 2.89. The highest BCUT2D eigenvalue weighted by atomic mass is 35.5. The first-order chi connectivity index (χ1) is 14.6. The van der Waals surface area contributed by atoms with Gasteiger partial charge in [0.2, 0.25) is 0 Å². The second-order valence-electron chi connectivity index (χ2n) is 7.66. The first kappa shape index (κ1) is 21.0. The maximum Gasteiger partial charge on any atom is 0.132 e. The second-order valence-corrected chi connectivity index (χ2v) is 8.06. The van der Waals surface area contributed by atoms with Crippen molar-refractivity contribution in [2.45, 2.75) is 25.2 Å². The van der Waals surface area contributed by atoms with Crippen molar-refractivity contribution in [3.05, 3.63) is 94.8 Å². The molecule has 4 rings (SSSR count). The quantitative estimate of drug-likeness (QED) is 0.606. The van der Waals surface area contributed by atoms with E-state index in [-0.39, 0.29) is 11.9 Å². The van der Waals surface area contributed by atoms with Crippen LogP contribution in [0.25, 0.3) is 11.1 Å². The molecule has 3 nitrogen and oxygen atoms in total. The van der Waals surface area contributed by atoms with Gasteiger partial charge in [-0.15, -0.1) is 0 Å². The molecule has 2 atom stereocenters. The number of aliphatic hydroxyl groups excluding tert-OH is 1.